The van der Waals surface area contributed by atoms with E-state index >= 15 is 0 Å². The zero-order valence-corrected chi connectivity index (χ0v) is 16.5. The van der Waals surface area contributed by atoms with Crippen LogP contribution in [-0.4, -0.2) is 33.7 Å². The highest BCUT2D eigenvalue weighted by Gasteiger charge is 2.43. The maximum atomic E-state index is 6.64. The van der Waals surface area contributed by atoms with Crippen molar-refractivity contribution in [2.75, 3.05) is 13.2 Å². The largest absolute Gasteiger partial charge is 0.411 e. The van der Waals surface area contributed by atoms with E-state index in [2.05, 4.69) is 52.9 Å². The van der Waals surface area contributed by atoms with Crippen molar-refractivity contribution in [3.05, 3.63) is 35.9 Å². The molecule has 1 aliphatic heterocycles. The quantitative estimate of drug-likeness (QED) is 0.512. The van der Waals surface area contributed by atoms with Gasteiger partial charge in [-0.15, -0.1) is 0 Å². The Hall–Kier alpha value is -0.683. The van der Waals surface area contributed by atoms with Crippen molar-refractivity contribution in [3.8, 4) is 0 Å². The molecule has 1 aromatic carbocycles. The van der Waals surface area contributed by atoms with Crippen molar-refractivity contribution < 1.29 is 13.9 Å². The molecule has 1 heterocycles. The van der Waals surface area contributed by atoms with E-state index < -0.39 is 8.32 Å². The molecule has 0 aromatic heterocycles. The molecule has 23 heavy (non-hydrogen) atoms. The highest BCUT2D eigenvalue weighted by molar-refractivity contribution is 6.74. The fraction of sp³-hybridized carbons (Fsp3) is 0.684. The van der Waals surface area contributed by atoms with E-state index in [1.807, 2.05) is 18.2 Å². The van der Waals surface area contributed by atoms with E-state index in [9.17, 15) is 0 Å². The van der Waals surface area contributed by atoms with E-state index in [1.165, 1.54) is 5.56 Å². The first-order valence-corrected chi connectivity index (χ1v) is 11.5. The first kappa shape index (κ1) is 18.7. The highest BCUT2D eigenvalue weighted by Crippen LogP contribution is 2.39. The summed E-state index contributed by atoms with van der Waals surface area (Å²) in [5.74, 6) is 0.375. The maximum Gasteiger partial charge on any atom is 0.192 e. The lowest BCUT2D eigenvalue weighted by molar-refractivity contribution is 0.00298. The van der Waals surface area contributed by atoms with Crippen molar-refractivity contribution in [2.45, 2.75) is 64.6 Å². The van der Waals surface area contributed by atoms with Gasteiger partial charge >= 0.3 is 0 Å². The smallest absolute Gasteiger partial charge is 0.192 e. The molecule has 1 fully saturated rings. The first-order valence-electron chi connectivity index (χ1n) is 8.62. The molecule has 1 saturated heterocycles. The Balaban J connectivity index is 1.94. The third kappa shape index (κ3) is 5.42. The van der Waals surface area contributed by atoms with Crippen molar-refractivity contribution in [2.24, 2.45) is 5.92 Å². The summed E-state index contributed by atoms with van der Waals surface area (Å²) in [5.41, 5.74) is 1.20. The van der Waals surface area contributed by atoms with Crippen LogP contribution < -0.4 is 0 Å². The lowest BCUT2D eigenvalue weighted by Crippen LogP contribution is -2.47. The minimum absolute atomic E-state index is 0.104. The second-order valence-corrected chi connectivity index (χ2v) is 12.9. The van der Waals surface area contributed by atoms with Gasteiger partial charge in [0.25, 0.3) is 0 Å². The van der Waals surface area contributed by atoms with Crippen molar-refractivity contribution >= 4 is 8.32 Å². The van der Waals surface area contributed by atoms with Crippen LogP contribution in [0.1, 0.15) is 33.3 Å². The Morgan fingerprint density at radius 3 is 2.35 bits per heavy atom. The van der Waals surface area contributed by atoms with Crippen LogP contribution in [0.25, 0.3) is 0 Å². The number of epoxide rings is 1. The summed E-state index contributed by atoms with van der Waals surface area (Å²) >= 11 is 0. The standard InChI is InChI=1S/C19H32O3Si/c1-15(17-14-21-17)18(22-23(5,6)19(2,3)4)13-20-12-16-10-8-7-9-11-16/h7-11,15,17-18H,12-14H2,1-6H3/t15-,17+,18-/m1/s1. The van der Waals surface area contributed by atoms with Crippen LogP contribution in [0.4, 0.5) is 0 Å². The van der Waals surface area contributed by atoms with Gasteiger partial charge in [-0.3, -0.25) is 0 Å². The number of rotatable bonds is 8. The molecule has 0 radical (unpaired) electrons. The highest BCUT2D eigenvalue weighted by atomic mass is 28.4. The molecule has 0 unspecified atom stereocenters. The fourth-order valence-corrected chi connectivity index (χ4v) is 3.71. The second kappa shape index (κ2) is 7.47. The summed E-state index contributed by atoms with van der Waals surface area (Å²) in [6, 6.07) is 10.3. The SMILES string of the molecule is C[C@H]([C@@H]1CO1)[C@@H](COCc1ccccc1)O[Si](C)(C)C(C)(C)C. The van der Waals surface area contributed by atoms with Gasteiger partial charge in [-0.2, -0.15) is 0 Å². The van der Waals surface area contributed by atoms with Gasteiger partial charge in [-0.1, -0.05) is 58.0 Å². The van der Waals surface area contributed by atoms with E-state index in [1.54, 1.807) is 0 Å². The molecule has 3 nitrogen and oxygen atoms in total. The van der Waals surface area contributed by atoms with E-state index in [0.29, 0.717) is 25.2 Å². The molecule has 0 N–H and O–H groups in total. The monoisotopic (exact) mass is 336 g/mol. The Bertz CT molecular complexity index is 477. The number of hydrogen-bond acceptors (Lipinski definition) is 3. The molecule has 1 aliphatic rings. The predicted molar refractivity (Wildman–Crippen MR) is 97.1 cm³/mol. The fourth-order valence-electron chi connectivity index (χ4n) is 2.31. The van der Waals surface area contributed by atoms with Crippen molar-refractivity contribution in [3.63, 3.8) is 0 Å². The zero-order valence-electron chi connectivity index (χ0n) is 15.5. The van der Waals surface area contributed by atoms with Gasteiger partial charge in [0.2, 0.25) is 0 Å². The minimum Gasteiger partial charge on any atom is -0.411 e. The van der Waals surface area contributed by atoms with E-state index in [0.717, 1.165) is 6.61 Å². The molecule has 130 valence electrons. The Morgan fingerprint density at radius 1 is 1.22 bits per heavy atom. The normalized spacial score (nSPS) is 21.0. The third-order valence-corrected chi connectivity index (χ3v) is 9.68. The molecule has 0 amide bonds. The summed E-state index contributed by atoms with van der Waals surface area (Å²) < 4.78 is 18.1. The van der Waals surface area contributed by atoms with Crippen LogP contribution in [0, 0.1) is 5.92 Å². The Labute approximate surface area is 142 Å². The predicted octanol–water partition coefficient (Wildman–Crippen LogP) is 4.63. The molecule has 2 rings (SSSR count). The van der Waals surface area contributed by atoms with Gasteiger partial charge in [0.1, 0.15) is 0 Å². The average Bonchev–Trinajstić information content (AvgIpc) is 3.30. The van der Waals surface area contributed by atoms with Gasteiger partial charge in [0.05, 0.1) is 32.0 Å². The lowest BCUT2D eigenvalue weighted by atomic mass is 10.0. The summed E-state index contributed by atoms with van der Waals surface area (Å²) in [7, 11) is -1.81. The minimum atomic E-state index is -1.81. The summed E-state index contributed by atoms with van der Waals surface area (Å²) in [5, 5.41) is 0.203. The molecular formula is C19H32O3Si. The maximum absolute atomic E-state index is 6.64. The molecule has 3 atom stereocenters. The first-order chi connectivity index (χ1) is 10.7. The summed E-state index contributed by atoms with van der Waals surface area (Å²) in [6.07, 6.45) is 0.442. The number of benzene rings is 1. The van der Waals surface area contributed by atoms with E-state index in [4.69, 9.17) is 13.9 Å². The molecule has 0 aliphatic carbocycles. The molecule has 0 spiro atoms. The van der Waals surface area contributed by atoms with E-state index in [-0.39, 0.29) is 11.1 Å². The Kier molecular flexibility index (Phi) is 6.06. The van der Waals surface area contributed by atoms with Gasteiger partial charge in [0.15, 0.2) is 8.32 Å². The zero-order chi connectivity index (χ0) is 17.1. The topological polar surface area (TPSA) is 31.0 Å². The average molecular weight is 337 g/mol. The van der Waals surface area contributed by atoms with Crippen molar-refractivity contribution in [1.82, 2.24) is 0 Å². The lowest BCUT2D eigenvalue weighted by Gasteiger charge is -2.40. The van der Waals surface area contributed by atoms with Crippen molar-refractivity contribution in [1.29, 1.82) is 0 Å². The molecule has 4 heteroatoms. The van der Waals surface area contributed by atoms with Gasteiger partial charge < -0.3 is 13.9 Å². The molecular weight excluding hydrogens is 304 g/mol. The van der Waals surface area contributed by atoms with Crippen LogP contribution >= 0.6 is 0 Å². The Morgan fingerprint density at radius 2 is 1.83 bits per heavy atom. The van der Waals surface area contributed by atoms with Crippen LogP contribution in [0.2, 0.25) is 18.1 Å². The molecule has 0 saturated carbocycles. The number of ether oxygens (including phenoxy) is 2. The van der Waals surface area contributed by atoms with Gasteiger partial charge in [-0.05, 0) is 23.7 Å². The third-order valence-electron chi connectivity index (χ3n) is 5.18. The van der Waals surface area contributed by atoms with Gasteiger partial charge in [0, 0.05) is 5.92 Å². The van der Waals surface area contributed by atoms with Crippen LogP contribution in [0.15, 0.2) is 30.3 Å². The van der Waals surface area contributed by atoms with Gasteiger partial charge in [-0.25, -0.2) is 0 Å². The second-order valence-electron chi connectivity index (χ2n) is 8.15. The summed E-state index contributed by atoms with van der Waals surface area (Å²) in [6.45, 7) is 15.8. The molecule has 1 aromatic rings. The summed E-state index contributed by atoms with van der Waals surface area (Å²) in [4.78, 5) is 0. The van der Waals surface area contributed by atoms with Crippen LogP contribution in [-0.2, 0) is 20.5 Å². The van der Waals surface area contributed by atoms with Crippen LogP contribution in [0.3, 0.4) is 0 Å². The number of hydrogen-bond donors (Lipinski definition) is 0. The molecule has 0 bridgehead atoms. The van der Waals surface area contributed by atoms with Crippen LogP contribution in [0.5, 0.6) is 0 Å².